The Hall–Kier alpha value is -1.64. The van der Waals surface area contributed by atoms with E-state index < -0.39 is 0 Å². The van der Waals surface area contributed by atoms with E-state index in [2.05, 4.69) is 29.1 Å². The summed E-state index contributed by atoms with van der Waals surface area (Å²) >= 11 is 0. The van der Waals surface area contributed by atoms with Crippen LogP contribution in [0.4, 0.5) is 5.69 Å². The Morgan fingerprint density at radius 3 is 2.62 bits per heavy atom. The van der Waals surface area contributed by atoms with Crippen molar-refractivity contribution in [2.24, 2.45) is 10.2 Å². The molecular weight excluding hydrogens is 198 g/mol. The van der Waals surface area contributed by atoms with E-state index in [1.165, 1.54) is 17.7 Å². The van der Waals surface area contributed by atoms with Crippen molar-refractivity contribution in [3.8, 4) is 0 Å². The van der Waals surface area contributed by atoms with Crippen LogP contribution in [0.15, 0.2) is 46.4 Å². The molecule has 1 saturated heterocycles. The van der Waals surface area contributed by atoms with Crippen LogP contribution in [-0.4, -0.2) is 18.5 Å². The van der Waals surface area contributed by atoms with Gasteiger partial charge in [0, 0.05) is 19.3 Å². The molecule has 0 bridgehead atoms. The topological polar surface area (TPSA) is 28.0 Å². The molecule has 2 rings (SSSR count). The van der Waals surface area contributed by atoms with Gasteiger partial charge >= 0.3 is 0 Å². The highest BCUT2D eigenvalue weighted by molar-refractivity contribution is 5.37. The second-order valence-corrected chi connectivity index (χ2v) is 4.20. The maximum absolute atomic E-state index is 4.17. The van der Waals surface area contributed by atoms with Crippen LogP contribution >= 0.6 is 0 Å². The number of allylic oxidation sites excluding steroid dienone is 1. The summed E-state index contributed by atoms with van der Waals surface area (Å²) < 4.78 is 0. The van der Waals surface area contributed by atoms with E-state index in [0.29, 0.717) is 0 Å². The second kappa shape index (κ2) is 4.92. The molecule has 1 aromatic carbocycles. The normalized spacial score (nSPS) is 18.9. The fourth-order valence-electron chi connectivity index (χ4n) is 1.77. The molecule has 0 radical (unpaired) electrons. The van der Waals surface area contributed by atoms with Crippen LogP contribution in [0, 0.1) is 6.92 Å². The Labute approximate surface area is 96.5 Å². The molecule has 1 aliphatic heterocycles. The van der Waals surface area contributed by atoms with Crippen LogP contribution in [0.1, 0.15) is 18.4 Å². The number of likely N-dealkylation sites (tertiary alicyclic amines) is 1. The molecule has 84 valence electrons. The van der Waals surface area contributed by atoms with Gasteiger partial charge < -0.3 is 4.90 Å². The standard InChI is InChI=1S/C13H17N3/c1-11-5-7-12(8-6-11)15-14-10-13-4-3-9-16(13)2/h5-8,10H,3-4,9H2,1-2H3/b13-10+,15-14?. The fourth-order valence-corrected chi connectivity index (χ4v) is 1.77. The lowest BCUT2D eigenvalue weighted by molar-refractivity contribution is 0.479. The van der Waals surface area contributed by atoms with Crippen LogP contribution < -0.4 is 0 Å². The van der Waals surface area contributed by atoms with E-state index in [4.69, 9.17) is 0 Å². The van der Waals surface area contributed by atoms with E-state index in [9.17, 15) is 0 Å². The molecular formula is C13H17N3. The van der Waals surface area contributed by atoms with Gasteiger partial charge in [0.2, 0.25) is 0 Å². The summed E-state index contributed by atoms with van der Waals surface area (Å²) in [6.07, 6.45) is 4.21. The van der Waals surface area contributed by atoms with Crippen molar-refractivity contribution in [2.45, 2.75) is 19.8 Å². The third kappa shape index (κ3) is 2.69. The largest absolute Gasteiger partial charge is 0.377 e. The smallest absolute Gasteiger partial charge is 0.0857 e. The molecule has 0 spiro atoms. The maximum Gasteiger partial charge on any atom is 0.0857 e. The van der Waals surface area contributed by atoms with Crippen molar-refractivity contribution in [1.82, 2.24) is 4.90 Å². The SMILES string of the molecule is Cc1ccc(N=N/C=C2\CCCN2C)cc1. The summed E-state index contributed by atoms with van der Waals surface area (Å²) in [6.45, 7) is 3.20. The zero-order valence-electron chi connectivity index (χ0n) is 9.85. The summed E-state index contributed by atoms with van der Waals surface area (Å²) in [4.78, 5) is 2.23. The highest BCUT2D eigenvalue weighted by atomic mass is 15.2. The van der Waals surface area contributed by atoms with Crippen LogP contribution in [0.2, 0.25) is 0 Å². The van der Waals surface area contributed by atoms with Gasteiger partial charge in [-0.15, -0.1) is 0 Å². The predicted octanol–water partition coefficient (Wildman–Crippen LogP) is 3.65. The zero-order chi connectivity index (χ0) is 11.4. The Morgan fingerprint density at radius 1 is 1.25 bits per heavy atom. The first kappa shape index (κ1) is 10.9. The molecule has 0 amide bonds. The molecule has 3 nitrogen and oxygen atoms in total. The zero-order valence-corrected chi connectivity index (χ0v) is 9.85. The molecule has 1 aliphatic rings. The molecule has 0 aliphatic carbocycles. The Bertz CT molecular complexity index is 404. The van der Waals surface area contributed by atoms with Crippen LogP contribution in [0.3, 0.4) is 0 Å². The summed E-state index contributed by atoms with van der Waals surface area (Å²) in [5.74, 6) is 0. The average molecular weight is 215 g/mol. The van der Waals surface area contributed by atoms with Crippen LogP contribution in [0.5, 0.6) is 0 Å². The van der Waals surface area contributed by atoms with Crippen LogP contribution in [-0.2, 0) is 0 Å². The van der Waals surface area contributed by atoms with Gasteiger partial charge in [-0.3, -0.25) is 0 Å². The number of azo groups is 1. The van der Waals surface area contributed by atoms with Crippen molar-refractivity contribution in [2.75, 3.05) is 13.6 Å². The van der Waals surface area contributed by atoms with Crippen molar-refractivity contribution in [1.29, 1.82) is 0 Å². The predicted molar refractivity (Wildman–Crippen MR) is 65.6 cm³/mol. The lowest BCUT2D eigenvalue weighted by atomic mass is 10.2. The van der Waals surface area contributed by atoms with Crippen molar-refractivity contribution in [3.05, 3.63) is 41.7 Å². The summed E-state index contributed by atoms with van der Waals surface area (Å²) in [7, 11) is 2.10. The lowest BCUT2D eigenvalue weighted by Gasteiger charge is -2.10. The summed E-state index contributed by atoms with van der Waals surface area (Å²) in [5.41, 5.74) is 3.42. The molecule has 0 unspecified atom stereocenters. The van der Waals surface area contributed by atoms with E-state index >= 15 is 0 Å². The van der Waals surface area contributed by atoms with Gasteiger partial charge in [-0.1, -0.05) is 17.7 Å². The van der Waals surface area contributed by atoms with Gasteiger partial charge in [-0.2, -0.15) is 10.2 Å². The fraction of sp³-hybridized carbons (Fsp3) is 0.385. The minimum absolute atomic E-state index is 0.906. The average Bonchev–Trinajstić information content (AvgIpc) is 2.68. The monoisotopic (exact) mass is 215 g/mol. The first-order chi connectivity index (χ1) is 7.75. The first-order valence-corrected chi connectivity index (χ1v) is 5.63. The highest BCUT2D eigenvalue weighted by Gasteiger charge is 2.11. The van der Waals surface area contributed by atoms with Crippen molar-refractivity contribution < 1.29 is 0 Å². The van der Waals surface area contributed by atoms with E-state index in [1.54, 1.807) is 0 Å². The Kier molecular flexibility index (Phi) is 3.34. The molecule has 0 saturated carbocycles. The maximum atomic E-state index is 4.17. The first-order valence-electron chi connectivity index (χ1n) is 5.63. The molecule has 0 aromatic heterocycles. The lowest BCUT2D eigenvalue weighted by Crippen LogP contribution is -2.09. The molecule has 1 aromatic rings. The second-order valence-electron chi connectivity index (χ2n) is 4.20. The van der Waals surface area contributed by atoms with E-state index in [0.717, 1.165) is 18.7 Å². The molecule has 16 heavy (non-hydrogen) atoms. The number of hydrogen-bond acceptors (Lipinski definition) is 3. The number of nitrogens with zero attached hydrogens (tertiary/aromatic N) is 3. The summed E-state index contributed by atoms with van der Waals surface area (Å²) in [5, 5.41) is 8.29. The number of benzene rings is 1. The van der Waals surface area contributed by atoms with Gasteiger partial charge in [0.15, 0.2) is 0 Å². The van der Waals surface area contributed by atoms with Gasteiger partial charge in [0.1, 0.15) is 0 Å². The van der Waals surface area contributed by atoms with Crippen molar-refractivity contribution >= 4 is 5.69 Å². The minimum Gasteiger partial charge on any atom is -0.377 e. The molecule has 1 heterocycles. The molecule has 1 fully saturated rings. The third-order valence-corrected chi connectivity index (χ3v) is 2.83. The van der Waals surface area contributed by atoms with Crippen molar-refractivity contribution in [3.63, 3.8) is 0 Å². The third-order valence-electron chi connectivity index (χ3n) is 2.83. The Morgan fingerprint density at radius 2 is 2.00 bits per heavy atom. The molecule has 3 heteroatoms. The quantitative estimate of drug-likeness (QED) is 0.692. The van der Waals surface area contributed by atoms with E-state index in [-0.39, 0.29) is 0 Å². The van der Waals surface area contributed by atoms with Gasteiger partial charge in [0.25, 0.3) is 0 Å². The van der Waals surface area contributed by atoms with Gasteiger partial charge in [-0.05, 0) is 31.9 Å². The molecule has 0 N–H and O–H groups in total. The van der Waals surface area contributed by atoms with Gasteiger partial charge in [0.05, 0.1) is 11.9 Å². The molecule has 0 atom stereocenters. The number of rotatable bonds is 2. The number of aryl methyl sites for hydroxylation is 1. The Balaban J connectivity index is 2.01. The highest BCUT2D eigenvalue weighted by Crippen LogP contribution is 2.19. The van der Waals surface area contributed by atoms with Crippen LogP contribution in [0.25, 0.3) is 0 Å². The van der Waals surface area contributed by atoms with Gasteiger partial charge in [-0.25, -0.2) is 0 Å². The van der Waals surface area contributed by atoms with E-state index in [1.807, 2.05) is 30.5 Å². The minimum atomic E-state index is 0.906. The summed E-state index contributed by atoms with van der Waals surface area (Å²) in [6, 6.07) is 8.05. The number of hydrogen-bond donors (Lipinski definition) is 0.